The van der Waals surface area contributed by atoms with E-state index in [2.05, 4.69) is 0 Å². The molecule has 0 heterocycles. The van der Waals surface area contributed by atoms with Gasteiger partial charge in [0.25, 0.3) is 0 Å². The molecule has 0 radical (unpaired) electrons. The number of benzene rings is 2. The van der Waals surface area contributed by atoms with Crippen LogP contribution in [0.5, 0.6) is 0 Å². The van der Waals surface area contributed by atoms with Crippen LogP contribution >= 0.6 is 0 Å². The van der Waals surface area contributed by atoms with Gasteiger partial charge < -0.3 is 10.0 Å². The molecule has 114 valence electrons. The third-order valence-corrected chi connectivity index (χ3v) is 4.31. The van der Waals surface area contributed by atoms with Gasteiger partial charge in [0.1, 0.15) is 0 Å². The molecule has 1 aliphatic carbocycles. The molecule has 1 aliphatic rings. The first-order valence-electron chi connectivity index (χ1n) is 7.84. The van der Waals surface area contributed by atoms with Crippen molar-refractivity contribution >= 4 is 11.6 Å². The Balaban J connectivity index is 1.87. The summed E-state index contributed by atoms with van der Waals surface area (Å²) in [5.41, 5.74) is 1.97. The van der Waals surface area contributed by atoms with Gasteiger partial charge in [-0.05, 0) is 37.0 Å². The van der Waals surface area contributed by atoms with Crippen LogP contribution in [0.15, 0.2) is 60.7 Å². The summed E-state index contributed by atoms with van der Waals surface area (Å²) >= 11 is 0. The van der Waals surface area contributed by atoms with E-state index in [1.807, 2.05) is 60.7 Å². The highest BCUT2D eigenvalue weighted by molar-refractivity contribution is 5.95. The number of rotatable bonds is 4. The molecule has 2 aromatic rings. The second-order valence-corrected chi connectivity index (χ2v) is 5.85. The van der Waals surface area contributed by atoms with Gasteiger partial charge in [0, 0.05) is 5.69 Å². The van der Waals surface area contributed by atoms with E-state index < -0.39 is 6.10 Å². The quantitative estimate of drug-likeness (QED) is 0.939. The number of carbonyl (C=O) groups is 1. The summed E-state index contributed by atoms with van der Waals surface area (Å²) in [6.07, 6.45) is 1.92. The lowest BCUT2D eigenvalue weighted by molar-refractivity contribution is -0.125. The zero-order valence-electron chi connectivity index (χ0n) is 12.6. The van der Waals surface area contributed by atoms with Crippen molar-refractivity contribution < 1.29 is 9.90 Å². The normalized spacial score (nSPS) is 20.8. The van der Waals surface area contributed by atoms with Crippen molar-refractivity contribution in [2.24, 2.45) is 5.92 Å². The van der Waals surface area contributed by atoms with Crippen LogP contribution in [0, 0.1) is 5.92 Å². The predicted octanol–water partition coefficient (Wildman–Crippen LogP) is 3.38. The lowest BCUT2D eigenvalue weighted by atomic mass is 10.0. The Bertz CT molecular complexity index is 612. The summed E-state index contributed by atoms with van der Waals surface area (Å²) in [5, 5.41) is 10.1. The molecular formula is C19H21NO2. The molecule has 1 fully saturated rings. The highest BCUT2D eigenvalue weighted by Gasteiger charge is 2.34. The Kier molecular flexibility index (Phi) is 4.54. The Morgan fingerprint density at radius 3 is 2.23 bits per heavy atom. The monoisotopic (exact) mass is 295 g/mol. The molecule has 0 saturated heterocycles. The van der Waals surface area contributed by atoms with Crippen LogP contribution in [0.4, 0.5) is 5.69 Å². The largest absolute Gasteiger partial charge is 0.392 e. The average Bonchev–Trinajstić information content (AvgIpc) is 3.00. The van der Waals surface area contributed by atoms with E-state index in [1.165, 1.54) is 0 Å². The minimum absolute atomic E-state index is 0.0278. The van der Waals surface area contributed by atoms with Crippen molar-refractivity contribution in [2.75, 3.05) is 4.90 Å². The zero-order chi connectivity index (χ0) is 15.4. The molecule has 1 N–H and O–H groups in total. The second-order valence-electron chi connectivity index (χ2n) is 5.85. The summed E-state index contributed by atoms with van der Waals surface area (Å²) in [6.45, 7) is 0.535. The van der Waals surface area contributed by atoms with E-state index in [1.54, 1.807) is 4.90 Å². The second kappa shape index (κ2) is 6.75. The standard InChI is InChI=1S/C19H21NO2/c21-18-13-7-12-17(18)19(22)20(16-10-5-2-6-11-16)14-15-8-3-1-4-9-15/h1-6,8-11,17-18,21H,7,12-14H2. The van der Waals surface area contributed by atoms with Gasteiger partial charge in [-0.2, -0.15) is 0 Å². The molecule has 2 atom stereocenters. The Morgan fingerprint density at radius 1 is 1.00 bits per heavy atom. The van der Waals surface area contributed by atoms with E-state index >= 15 is 0 Å². The van der Waals surface area contributed by atoms with Crippen LogP contribution in [-0.2, 0) is 11.3 Å². The third kappa shape index (κ3) is 3.20. The van der Waals surface area contributed by atoms with E-state index in [4.69, 9.17) is 0 Å². The Labute approximate surface area is 131 Å². The fourth-order valence-electron chi connectivity index (χ4n) is 3.10. The highest BCUT2D eigenvalue weighted by Crippen LogP contribution is 2.30. The van der Waals surface area contributed by atoms with E-state index in [0.717, 1.165) is 30.5 Å². The first-order chi connectivity index (χ1) is 10.8. The van der Waals surface area contributed by atoms with Gasteiger partial charge in [0.2, 0.25) is 5.91 Å². The lowest BCUT2D eigenvalue weighted by Gasteiger charge is -2.27. The molecule has 2 unspecified atom stereocenters. The van der Waals surface area contributed by atoms with Crippen LogP contribution in [0.25, 0.3) is 0 Å². The molecule has 1 amide bonds. The first-order valence-corrected chi connectivity index (χ1v) is 7.84. The summed E-state index contributed by atoms with van der Waals surface area (Å²) in [4.78, 5) is 14.7. The van der Waals surface area contributed by atoms with E-state index in [9.17, 15) is 9.90 Å². The van der Waals surface area contributed by atoms with Crippen LogP contribution in [0.3, 0.4) is 0 Å². The molecule has 3 rings (SSSR count). The topological polar surface area (TPSA) is 40.5 Å². The molecule has 0 aliphatic heterocycles. The smallest absolute Gasteiger partial charge is 0.233 e. The van der Waals surface area contributed by atoms with Crippen LogP contribution in [0.1, 0.15) is 24.8 Å². The van der Waals surface area contributed by atoms with Gasteiger partial charge in [-0.1, -0.05) is 48.5 Å². The van der Waals surface area contributed by atoms with Crippen molar-refractivity contribution in [3.05, 3.63) is 66.2 Å². The maximum atomic E-state index is 12.9. The number of hydrogen-bond donors (Lipinski definition) is 1. The number of aliphatic hydroxyl groups excluding tert-OH is 1. The number of para-hydroxylation sites is 1. The van der Waals surface area contributed by atoms with Gasteiger partial charge in [0.15, 0.2) is 0 Å². The maximum absolute atomic E-state index is 12.9. The number of nitrogens with zero attached hydrogens (tertiary/aromatic N) is 1. The van der Waals surface area contributed by atoms with Gasteiger partial charge in [-0.25, -0.2) is 0 Å². The van der Waals surface area contributed by atoms with E-state index in [-0.39, 0.29) is 11.8 Å². The Morgan fingerprint density at radius 2 is 1.64 bits per heavy atom. The van der Waals surface area contributed by atoms with Crippen LogP contribution in [0.2, 0.25) is 0 Å². The molecule has 0 spiro atoms. The molecule has 1 saturated carbocycles. The van der Waals surface area contributed by atoms with Gasteiger partial charge in [0.05, 0.1) is 18.6 Å². The fraction of sp³-hybridized carbons (Fsp3) is 0.316. The molecule has 2 aromatic carbocycles. The summed E-state index contributed by atoms with van der Waals surface area (Å²) in [7, 11) is 0. The number of anilines is 1. The van der Waals surface area contributed by atoms with Crippen molar-refractivity contribution in [3.8, 4) is 0 Å². The van der Waals surface area contributed by atoms with Crippen molar-refractivity contribution in [1.82, 2.24) is 0 Å². The number of amides is 1. The predicted molar refractivity (Wildman–Crippen MR) is 87.4 cm³/mol. The van der Waals surface area contributed by atoms with Gasteiger partial charge >= 0.3 is 0 Å². The molecule has 3 heteroatoms. The molecule has 3 nitrogen and oxygen atoms in total. The summed E-state index contributed by atoms with van der Waals surface area (Å²) in [6, 6.07) is 19.7. The average molecular weight is 295 g/mol. The van der Waals surface area contributed by atoms with Crippen molar-refractivity contribution in [1.29, 1.82) is 0 Å². The van der Waals surface area contributed by atoms with Gasteiger partial charge in [-0.15, -0.1) is 0 Å². The minimum Gasteiger partial charge on any atom is -0.392 e. The van der Waals surface area contributed by atoms with Crippen molar-refractivity contribution in [2.45, 2.75) is 31.9 Å². The molecule has 0 aromatic heterocycles. The zero-order valence-corrected chi connectivity index (χ0v) is 12.6. The van der Waals surface area contributed by atoms with Crippen LogP contribution < -0.4 is 4.90 Å². The van der Waals surface area contributed by atoms with E-state index in [0.29, 0.717) is 6.54 Å². The SMILES string of the molecule is O=C(C1CCCC1O)N(Cc1ccccc1)c1ccccc1. The summed E-state index contributed by atoms with van der Waals surface area (Å²) in [5.74, 6) is -0.246. The molecular weight excluding hydrogens is 274 g/mol. The maximum Gasteiger partial charge on any atom is 0.233 e. The third-order valence-electron chi connectivity index (χ3n) is 4.31. The fourth-order valence-corrected chi connectivity index (χ4v) is 3.10. The molecule has 22 heavy (non-hydrogen) atoms. The Hall–Kier alpha value is -2.13. The minimum atomic E-state index is -0.505. The highest BCUT2D eigenvalue weighted by atomic mass is 16.3. The number of carbonyl (C=O) groups excluding carboxylic acids is 1. The lowest BCUT2D eigenvalue weighted by Crippen LogP contribution is -2.38. The van der Waals surface area contributed by atoms with Gasteiger partial charge in [-0.3, -0.25) is 4.79 Å². The van der Waals surface area contributed by atoms with Crippen molar-refractivity contribution in [3.63, 3.8) is 0 Å². The summed E-state index contributed by atoms with van der Waals surface area (Å²) < 4.78 is 0. The van der Waals surface area contributed by atoms with Crippen LogP contribution in [-0.4, -0.2) is 17.1 Å². The number of aliphatic hydroxyl groups is 1. The molecule has 0 bridgehead atoms. The first kappa shape index (κ1) is 14.8. The number of hydrogen-bond acceptors (Lipinski definition) is 2.